The summed E-state index contributed by atoms with van der Waals surface area (Å²) in [6.45, 7) is 1.97. The molecule has 0 radical (unpaired) electrons. The van der Waals surface area contributed by atoms with E-state index in [4.69, 9.17) is 5.73 Å². The van der Waals surface area contributed by atoms with E-state index in [1.54, 1.807) is 23.5 Å². The highest BCUT2D eigenvalue weighted by Crippen LogP contribution is 2.21. The molecule has 1 atom stereocenters. The molecule has 3 heteroatoms. The van der Waals surface area contributed by atoms with Gasteiger partial charge in [0.1, 0.15) is 5.82 Å². The summed E-state index contributed by atoms with van der Waals surface area (Å²) in [7, 11) is 0. The minimum atomic E-state index is -0.211. The van der Waals surface area contributed by atoms with Crippen molar-refractivity contribution in [2.75, 3.05) is 0 Å². The van der Waals surface area contributed by atoms with Crippen molar-refractivity contribution in [1.29, 1.82) is 0 Å². The minimum absolute atomic E-state index is 0.0920. The second-order valence-electron chi connectivity index (χ2n) is 4.28. The molecule has 0 aliphatic carbocycles. The lowest BCUT2D eigenvalue weighted by Gasteiger charge is -2.14. The molecule has 90 valence electrons. The SMILES string of the molecule is Cc1ccc(F)cc1C(N)CCc1ccsc1. The van der Waals surface area contributed by atoms with Crippen LogP contribution >= 0.6 is 11.3 Å². The molecular weight excluding hydrogens is 233 g/mol. The molecule has 2 aromatic rings. The highest BCUT2D eigenvalue weighted by Gasteiger charge is 2.10. The normalized spacial score (nSPS) is 12.6. The first-order valence-electron chi connectivity index (χ1n) is 5.69. The third-order valence-corrected chi connectivity index (χ3v) is 3.70. The fraction of sp³-hybridized carbons (Fsp3) is 0.286. The van der Waals surface area contributed by atoms with Gasteiger partial charge in [0.25, 0.3) is 0 Å². The fourth-order valence-electron chi connectivity index (χ4n) is 1.92. The van der Waals surface area contributed by atoms with E-state index in [2.05, 4.69) is 16.8 Å². The Hall–Kier alpha value is -1.19. The Morgan fingerprint density at radius 3 is 2.88 bits per heavy atom. The molecule has 0 aliphatic rings. The van der Waals surface area contributed by atoms with Gasteiger partial charge < -0.3 is 5.73 Å². The van der Waals surface area contributed by atoms with Crippen molar-refractivity contribution in [2.45, 2.75) is 25.8 Å². The number of halogens is 1. The monoisotopic (exact) mass is 249 g/mol. The lowest BCUT2D eigenvalue weighted by atomic mass is 9.97. The number of aryl methyl sites for hydroxylation is 2. The van der Waals surface area contributed by atoms with E-state index in [1.165, 1.54) is 11.6 Å². The molecule has 0 saturated heterocycles. The van der Waals surface area contributed by atoms with Crippen molar-refractivity contribution >= 4 is 11.3 Å². The molecule has 1 heterocycles. The van der Waals surface area contributed by atoms with Crippen molar-refractivity contribution < 1.29 is 4.39 Å². The number of rotatable bonds is 4. The van der Waals surface area contributed by atoms with E-state index in [-0.39, 0.29) is 11.9 Å². The Kier molecular flexibility index (Phi) is 3.92. The van der Waals surface area contributed by atoms with E-state index in [1.807, 2.05) is 6.92 Å². The molecule has 0 amide bonds. The van der Waals surface area contributed by atoms with Gasteiger partial charge in [0.15, 0.2) is 0 Å². The second kappa shape index (κ2) is 5.43. The quantitative estimate of drug-likeness (QED) is 0.875. The maximum Gasteiger partial charge on any atom is 0.123 e. The van der Waals surface area contributed by atoms with Gasteiger partial charge in [-0.2, -0.15) is 11.3 Å². The van der Waals surface area contributed by atoms with Crippen molar-refractivity contribution in [1.82, 2.24) is 0 Å². The highest BCUT2D eigenvalue weighted by atomic mass is 32.1. The van der Waals surface area contributed by atoms with Gasteiger partial charge in [-0.15, -0.1) is 0 Å². The average Bonchev–Trinajstić information content (AvgIpc) is 2.82. The Balaban J connectivity index is 2.04. The van der Waals surface area contributed by atoms with Crippen LogP contribution in [0.15, 0.2) is 35.0 Å². The summed E-state index contributed by atoms with van der Waals surface area (Å²) in [6, 6.07) is 6.83. The van der Waals surface area contributed by atoms with Gasteiger partial charge in [-0.3, -0.25) is 0 Å². The first-order valence-corrected chi connectivity index (χ1v) is 6.64. The molecule has 1 aromatic carbocycles. The first-order chi connectivity index (χ1) is 8.16. The molecule has 1 nitrogen and oxygen atoms in total. The summed E-state index contributed by atoms with van der Waals surface area (Å²) in [5, 5.41) is 4.19. The number of benzene rings is 1. The Morgan fingerprint density at radius 2 is 2.18 bits per heavy atom. The topological polar surface area (TPSA) is 26.0 Å². The smallest absolute Gasteiger partial charge is 0.123 e. The summed E-state index contributed by atoms with van der Waals surface area (Å²) in [5.74, 6) is -0.211. The molecule has 0 spiro atoms. The van der Waals surface area contributed by atoms with Crippen LogP contribution in [-0.2, 0) is 6.42 Å². The number of nitrogens with two attached hydrogens (primary N) is 1. The summed E-state index contributed by atoms with van der Waals surface area (Å²) < 4.78 is 13.2. The van der Waals surface area contributed by atoms with Crippen LogP contribution in [0.1, 0.15) is 29.2 Å². The zero-order valence-electron chi connectivity index (χ0n) is 9.82. The van der Waals surface area contributed by atoms with Crippen LogP contribution in [0, 0.1) is 12.7 Å². The zero-order chi connectivity index (χ0) is 12.3. The van der Waals surface area contributed by atoms with Crippen LogP contribution in [0.4, 0.5) is 4.39 Å². The van der Waals surface area contributed by atoms with Crippen LogP contribution in [0.3, 0.4) is 0 Å². The van der Waals surface area contributed by atoms with Crippen LogP contribution in [0.25, 0.3) is 0 Å². The van der Waals surface area contributed by atoms with Gasteiger partial charge in [0.2, 0.25) is 0 Å². The number of hydrogen-bond acceptors (Lipinski definition) is 2. The third-order valence-electron chi connectivity index (χ3n) is 2.96. The fourth-order valence-corrected chi connectivity index (χ4v) is 2.63. The zero-order valence-corrected chi connectivity index (χ0v) is 10.6. The van der Waals surface area contributed by atoms with Gasteiger partial charge >= 0.3 is 0 Å². The Morgan fingerprint density at radius 1 is 1.35 bits per heavy atom. The molecular formula is C14H16FNS. The first kappa shape index (κ1) is 12.3. The molecule has 1 aromatic heterocycles. The van der Waals surface area contributed by atoms with E-state index in [9.17, 15) is 4.39 Å². The molecule has 1 unspecified atom stereocenters. The summed E-state index contributed by atoms with van der Waals surface area (Å²) in [6.07, 6.45) is 1.79. The van der Waals surface area contributed by atoms with Crippen LogP contribution < -0.4 is 5.73 Å². The van der Waals surface area contributed by atoms with Crippen LogP contribution in [0.5, 0.6) is 0 Å². The predicted octanol–water partition coefficient (Wildman–Crippen LogP) is 3.83. The van der Waals surface area contributed by atoms with E-state index in [0.717, 1.165) is 24.0 Å². The van der Waals surface area contributed by atoms with E-state index >= 15 is 0 Å². The van der Waals surface area contributed by atoms with Crippen LogP contribution in [0.2, 0.25) is 0 Å². The molecule has 2 rings (SSSR count). The molecule has 0 saturated carbocycles. The lowest BCUT2D eigenvalue weighted by molar-refractivity contribution is 0.607. The maximum absolute atomic E-state index is 13.2. The van der Waals surface area contributed by atoms with Gasteiger partial charge in [-0.1, -0.05) is 6.07 Å². The van der Waals surface area contributed by atoms with Gasteiger partial charge in [0, 0.05) is 6.04 Å². The second-order valence-corrected chi connectivity index (χ2v) is 5.06. The van der Waals surface area contributed by atoms with Crippen molar-refractivity contribution in [2.24, 2.45) is 5.73 Å². The number of hydrogen-bond donors (Lipinski definition) is 1. The highest BCUT2D eigenvalue weighted by molar-refractivity contribution is 7.07. The molecule has 0 fully saturated rings. The average molecular weight is 249 g/mol. The van der Waals surface area contributed by atoms with Crippen molar-refractivity contribution in [3.8, 4) is 0 Å². The summed E-state index contributed by atoms with van der Waals surface area (Å²) in [5.41, 5.74) is 9.40. The van der Waals surface area contributed by atoms with E-state index in [0.29, 0.717) is 0 Å². The van der Waals surface area contributed by atoms with Crippen molar-refractivity contribution in [3.63, 3.8) is 0 Å². The standard InChI is InChI=1S/C14H16FNS/c1-10-2-4-12(15)8-13(10)14(16)5-3-11-6-7-17-9-11/h2,4,6-9,14H,3,5,16H2,1H3. The van der Waals surface area contributed by atoms with Crippen LogP contribution in [-0.4, -0.2) is 0 Å². The molecule has 0 aliphatic heterocycles. The summed E-state index contributed by atoms with van der Waals surface area (Å²) in [4.78, 5) is 0. The third kappa shape index (κ3) is 3.14. The van der Waals surface area contributed by atoms with Crippen molar-refractivity contribution in [3.05, 3.63) is 57.5 Å². The number of thiophene rings is 1. The largest absolute Gasteiger partial charge is 0.324 e. The van der Waals surface area contributed by atoms with Gasteiger partial charge in [0.05, 0.1) is 0 Å². The molecule has 0 bridgehead atoms. The Labute approximate surface area is 105 Å². The van der Waals surface area contributed by atoms with E-state index < -0.39 is 0 Å². The van der Waals surface area contributed by atoms with Gasteiger partial charge in [-0.25, -0.2) is 4.39 Å². The maximum atomic E-state index is 13.2. The van der Waals surface area contributed by atoms with Gasteiger partial charge in [-0.05, 0) is 65.4 Å². The summed E-state index contributed by atoms with van der Waals surface area (Å²) >= 11 is 1.69. The lowest BCUT2D eigenvalue weighted by Crippen LogP contribution is -2.13. The predicted molar refractivity (Wildman–Crippen MR) is 70.7 cm³/mol. The molecule has 2 N–H and O–H groups in total. The molecule has 17 heavy (non-hydrogen) atoms. The Bertz CT molecular complexity index is 479. The minimum Gasteiger partial charge on any atom is -0.324 e.